The molecular formula is C26H20N2O4. The monoisotopic (exact) mass is 424 g/mol. The summed E-state index contributed by atoms with van der Waals surface area (Å²) in [5, 5.41) is 11.5. The molecule has 3 aliphatic carbocycles. The number of anilines is 1. The highest BCUT2D eigenvalue weighted by Crippen LogP contribution is 2.67. The molecule has 0 N–H and O–H groups in total. The topological polar surface area (TPSA) is 80.5 Å². The maximum atomic E-state index is 14.0. The summed E-state index contributed by atoms with van der Waals surface area (Å²) in [7, 11) is 0. The van der Waals surface area contributed by atoms with Gasteiger partial charge < -0.3 is 0 Å². The van der Waals surface area contributed by atoms with Crippen molar-refractivity contribution in [3.05, 3.63) is 105 Å². The first kappa shape index (κ1) is 18.9. The van der Waals surface area contributed by atoms with Crippen LogP contribution in [0.15, 0.2) is 66.7 Å². The van der Waals surface area contributed by atoms with Crippen molar-refractivity contribution in [3.8, 4) is 0 Å². The minimum atomic E-state index is -0.954. The van der Waals surface area contributed by atoms with Crippen molar-refractivity contribution in [2.24, 2.45) is 11.3 Å². The van der Waals surface area contributed by atoms with Gasteiger partial charge in [-0.05, 0) is 42.2 Å². The highest BCUT2D eigenvalue weighted by atomic mass is 16.6. The molecule has 3 aromatic carbocycles. The van der Waals surface area contributed by atoms with Crippen LogP contribution >= 0.6 is 0 Å². The maximum absolute atomic E-state index is 14.0. The Morgan fingerprint density at radius 1 is 0.906 bits per heavy atom. The zero-order chi connectivity index (χ0) is 22.4. The maximum Gasteiger partial charge on any atom is 0.274 e. The van der Waals surface area contributed by atoms with E-state index in [1.165, 1.54) is 11.0 Å². The Morgan fingerprint density at radius 3 is 2.03 bits per heavy atom. The van der Waals surface area contributed by atoms with Gasteiger partial charge in [-0.3, -0.25) is 19.7 Å². The van der Waals surface area contributed by atoms with Gasteiger partial charge in [-0.15, -0.1) is 0 Å². The predicted octanol–water partition coefficient (Wildman–Crippen LogP) is 4.69. The molecule has 0 radical (unpaired) electrons. The van der Waals surface area contributed by atoms with Crippen LogP contribution in [-0.4, -0.2) is 16.7 Å². The van der Waals surface area contributed by atoms with Crippen molar-refractivity contribution in [2.45, 2.75) is 25.7 Å². The van der Waals surface area contributed by atoms with E-state index in [4.69, 9.17) is 0 Å². The number of benzene rings is 3. The summed E-state index contributed by atoms with van der Waals surface area (Å²) >= 11 is 0. The summed E-state index contributed by atoms with van der Waals surface area (Å²) in [6, 6.07) is 20.7. The van der Waals surface area contributed by atoms with Gasteiger partial charge in [-0.1, -0.05) is 54.6 Å². The summed E-state index contributed by atoms with van der Waals surface area (Å²) in [6.07, 6.45) is 0. The molecule has 1 fully saturated rings. The summed E-state index contributed by atoms with van der Waals surface area (Å²) in [6.45, 7) is 3.54. The second-order valence-electron chi connectivity index (χ2n) is 9.14. The fourth-order valence-corrected chi connectivity index (χ4v) is 6.29. The van der Waals surface area contributed by atoms with Gasteiger partial charge in [0.05, 0.1) is 21.9 Å². The molecular weight excluding hydrogens is 404 g/mol. The number of nitro benzene ring substituents is 1. The van der Waals surface area contributed by atoms with Crippen LogP contribution in [0.1, 0.15) is 46.6 Å². The summed E-state index contributed by atoms with van der Waals surface area (Å²) < 4.78 is 0. The number of imide groups is 1. The largest absolute Gasteiger partial charge is 0.274 e. The van der Waals surface area contributed by atoms with Crippen LogP contribution in [0.3, 0.4) is 0 Å². The summed E-state index contributed by atoms with van der Waals surface area (Å²) in [5.74, 6) is -1.59. The lowest BCUT2D eigenvalue weighted by Gasteiger charge is -2.51. The second kappa shape index (κ2) is 6.13. The zero-order valence-electron chi connectivity index (χ0n) is 17.6. The SMILES string of the molecule is Cc1ccc(N2C(=O)C3C4c5ccccc5C(c5ccccc54)C3(C)C2=O)cc1[N+](=O)[O-]. The number of carbonyl (C=O) groups is 2. The molecule has 7 rings (SSSR count). The van der Waals surface area contributed by atoms with Crippen molar-refractivity contribution >= 4 is 23.2 Å². The number of nitrogens with zero attached hydrogens (tertiary/aromatic N) is 2. The second-order valence-corrected chi connectivity index (χ2v) is 9.14. The summed E-state index contributed by atoms with van der Waals surface area (Å²) in [5.41, 5.74) is 4.07. The molecule has 6 heteroatoms. The van der Waals surface area contributed by atoms with Gasteiger partial charge in [0, 0.05) is 23.5 Å². The third-order valence-electron chi connectivity index (χ3n) is 7.66. The minimum absolute atomic E-state index is 0.0994. The van der Waals surface area contributed by atoms with Crippen molar-refractivity contribution < 1.29 is 14.5 Å². The molecule has 3 aromatic rings. The number of hydrogen-bond donors (Lipinski definition) is 0. The quantitative estimate of drug-likeness (QED) is 0.340. The molecule has 0 saturated carbocycles. The number of rotatable bonds is 2. The third-order valence-corrected chi connectivity index (χ3v) is 7.66. The van der Waals surface area contributed by atoms with Crippen molar-refractivity contribution in [1.29, 1.82) is 0 Å². The van der Waals surface area contributed by atoms with E-state index < -0.39 is 16.3 Å². The number of nitro groups is 1. The van der Waals surface area contributed by atoms with Gasteiger partial charge in [-0.25, -0.2) is 4.90 Å². The average Bonchev–Trinajstić information content (AvgIpc) is 3.00. The highest BCUT2D eigenvalue weighted by Gasteiger charge is 2.68. The van der Waals surface area contributed by atoms with E-state index in [-0.39, 0.29) is 35.0 Å². The standard InChI is InChI=1S/C26H20N2O4/c1-14-11-12-15(13-20(14)28(31)32)27-24(29)23-21-16-7-3-5-9-18(16)22(26(23,2)25(27)30)19-10-6-4-8-17(19)21/h3-13,21-23H,1-2H3. The third kappa shape index (κ3) is 2.09. The first-order valence-corrected chi connectivity index (χ1v) is 10.7. The van der Waals surface area contributed by atoms with Crippen molar-refractivity contribution in [2.75, 3.05) is 4.90 Å². The fourth-order valence-electron chi connectivity index (χ4n) is 6.29. The number of hydrogen-bond acceptors (Lipinski definition) is 4. The van der Waals surface area contributed by atoms with Gasteiger partial charge in [0.15, 0.2) is 0 Å². The average molecular weight is 424 g/mol. The van der Waals surface area contributed by atoms with Crippen LogP contribution in [0.2, 0.25) is 0 Å². The van der Waals surface area contributed by atoms with E-state index in [2.05, 4.69) is 24.3 Å². The van der Waals surface area contributed by atoms with Crippen LogP contribution in [0.25, 0.3) is 0 Å². The van der Waals surface area contributed by atoms with E-state index in [1.54, 1.807) is 19.1 Å². The first-order chi connectivity index (χ1) is 15.4. The molecule has 2 atom stereocenters. The molecule has 1 heterocycles. The smallest absolute Gasteiger partial charge is 0.274 e. The van der Waals surface area contributed by atoms with Gasteiger partial charge in [0.2, 0.25) is 11.8 Å². The van der Waals surface area contributed by atoms with Gasteiger partial charge in [-0.2, -0.15) is 0 Å². The summed E-state index contributed by atoms with van der Waals surface area (Å²) in [4.78, 5) is 40.1. The Labute approximate surface area is 184 Å². The minimum Gasteiger partial charge on any atom is -0.274 e. The fraction of sp³-hybridized carbons (Fsp3) is 0.231. The van der Waals surface area contributed by atoms with E-state index >= 15 is 0 Å². The predicted molar refractivity (Wildman–Crippen MR) is 118 cm³/mol. The van der Waals surface area contributed by atoms with E-state index in [0.29, 0.717) is 5.56 Å². The Morgan fingerprint density at radius 2 is 1.47 bits per heavy atom. The molecule has 1 aliphatic heterocycles. The van der Waals surface area contributed by atoms with Crippen molar-refractivity contribution in [1.82, 2.24) is 0 Å². The number of amides is 2. The van der Waals surface area contributed by atoms with Crippen LogP contribution in [0.4, 0.5) is 11.4 Å². The molecule has 2 bridgehead atoms. The van der Waals surface area contributed by atoms with Crippen LogP contribution < -0.4 is 4.90 Å². The normalized spacial score (nSPS) is 27.2. The van der Waals surface area contributed by atoms with Gasteiger partial charge >= 0.3 is 0 Å². The van der Waals surface area contributed by atoms with Crippen LogP contribution in [0, 0.1) is 28.4 Å². The van der Waals surface area contributed by atoms with Crippen LogP contribution in [-0.2, 0) is 9.59 Å². The molecule has 4 aliphatic rings. The number of carbonyl (C=O) groups excluding carboxylic acids is 2. The zero-order valence-corrected chi connectivity index (χ0v) is 17.6. The lowest BCUT2D eigenvalue weighted by atomic mass is 9.48. The molecule has 158 valence electrons. The molecule has 2 amide bonds. The van der Waals surface area contributed by atoms with E-state index in [1.807, 2.05) is 31.2 Å². The van der Waals surface area contributed by atoms with Crippen molar-refractivity contribution in [3.63, 3.8) is 0 Å². The highest BCUT2D eigenvalue weighted by molar-refractivity contribution is 6.25. The van der Waals surface area contributed by atoms with Crippen LogP contribution in [0.5, 0.6) is 0 Å². The molecule has 6 nitrogen and oxygen atoms in total. The lowest BCUT2D eigenvalue weighted by molar-refractivity contribution is -0.385. The van der Waals surface area contributed by atoms with E-state index in [9.17, 15) is 19.7 Å². The first-order valence-electron chi connectivity index (χ1n) is 10.7. The molecule has 2 unspecified atom stereocenters. The Balaban J connectivity index is 1.58. The Hall–Kier alpha value is -3.80. The van der Waals surface area contributed by atoms with E-state index in [0.717, 1.165) is 22.3 Å². The molecule has 32 heavy (non-hydrogen) atoms. The van der Waals surface area contributed by atoms with Gasteiger partial charge in [0.25, 0.3) is 5.69 Å². The Kier molecular flexibility index (Phi) is 3.62. The molecule has 0 spiro atoms. The molecule has 0 aromatic heterocycles. The lowest BCUT2D eigenvalue weighted by Crippen LogP contribution is -2.49. The molecule has 1 saturated heterocycles. The van der Waals surface area contributed by atoms with Gasteiger partial charge in [0.1, 0.15) is 0 Å². The Bertz CT molecular complexity index is 1320. The number of aryl methyl sites for hydroxylation is 1.